The standard InChI is InChI=1S/C9H10N2.C2H6/c1-5-10-8-3-2-6-4-7(6)9(8)11-5;1-2/h2-3,6-7H,4H2,1H3,(H,10,11);1-2H3. The molecule has 0 aliphatic heterocycles. The normalized spacial score (nSPS) is 27.0. The van der Waals surface area contributed by atoms with E-state index >= 15 is 0 Å². The van der Waals surface area contributed by atoms with Gasteiger partial charge in [0.25, 0.3) is 0 Å². The molecule has 1 fully saturated rings. The van der Waals surface area contributed by atoms with E-state index in [4.69, 9.17) is 0 Å². The number of imidazole rings is 1. The van der Waals surface area contributed by atoms with E-state index in [1.165, 1.54) is 17.8 Å². The maximum absolute atomic E-state index is 4.39. The number of nitrogens with one attached hydrogen (secondary N) is 1. The third kappa shape index (κ3) is 1.30. The van der Waals surface area contributed by atoms with Gasteiger partial charge in [0.1, 0.15) is 5.82 Å². The van der Waals surface area contributed by atoms with Gasteiger partial charge in [-0.25, -0.2) is 4.98 Å². The van der Waals surface area contributed by atoms with Crippen molar-refractivity contribution in [2.45, 2.75) is 33.1 Å². The average Bonchev–Trinajstić information content (AvgIpc) is 2.85. The monoisotopic (exact) mass is 176 g/mol. The Morgan fingerprint density at radius 3 is 3.00 bits per heavy atom. The molecular formula is C11H16N2. The number of aromatic nitrogens is 2. The van der Waals surface area contributed by atoms with Gasteiger partial charge in [-0.05, 0) is 25.3 Å². The fraction of sp³-hybridized carbons (Fsp3) is 0.545. The number of hydrogen-bond acceptors (Lipinski definition) is 1. The van der Waals surface area contributed by atoms with Gasteiger partial charge in [-0.2, -0.15) is 0 Å². The molecule has 1 aromatic heterocycles. The van der Waals surface area contributed by atoms with Crippen molar-refractivity contribution in [1.82, 2.24) is 9.97 Å². The van der Waals surface area contributed by atoms with Crippen LogP contribution in [0.2, 0.25) is 0 Å². The van der Waals surface area contributed by atoms with Crippen LogP contribution in [-0.4, -0.2) is 9.97 Å². The van der Waals surface area contributed by atoms with Crippen LogP contribution in [0.4, 0.5) is 0 Å². The Bertz CT molecular complexity index is 336. The Morgan fingerprint density at radius 2 is 2.23 bits per heavy atom. The number of hydrogen-bond donors (Lipinski definition) is 1. The van der Waals surface area contributed by atoms with Gasteiger partial charge in [0, 0.05) is 11.6 Å². The molecular weight excluding hydrogens is 160 g/mol. The molecule has 2 atom stereocenters. The van der Waals surface area contributed by atoms with Gasteiger partial charge < -0.3 is 4.98 Å². The van der Waals surface area contributed by atoms with Crippen LogP contribution in [0.3, 0.4) is 0 Å². The van der Waals surface area contributed by atoms with Gasteiger partial charge in [-0.3, -0.25) is 0 Å². The third-order valence-electron chi connectivity index (χ3n) is 2.59. The molecule has 0 spiro atoms. The van der Waals surface area contributed by atoms with Crippen LogP contribution < -0.4 is 0 Å². The topological polar surface area (TPSA) is 28.7 Å². The minimum Gasteiger partial charge on any atom is -0.345 e. The maximum atomic E-state index is 4.39. The van der Waals surface area contributed by atoms with Gasteiger partial charge in [0.05, 0.1) is 5.69 Å². The highest BCUT2D eigenvalue weighted by molar-refractivity contribution is 5.56. The molecule has 1 saturated carbocycles. The van der Waals surface area contributed by atoms with Crippen molar-refractivity contribution in [2.75, 3.05) is 0 Å². The van der Waals surface area contributed by atoms with Crippen molar-refractivity contribution in [3.63, 3.8) is 0 Å². The summed E-state index contributed by atoms with van der Waals surface area (Å²) in [5.74, 6) is 2.64. The van der Waals surface area contributed by atoms with Crippen molar-refractivity contribution >= 4 is 6.08 Å². The first kappa shape index (κ1) is 8.54. The zero-order valence-electron chi connectivity index (χ0n) is 8.46. The molecule has 3 rings (SSSR count). The zero-order chi connectivity index (χ0) is 9.42. The predicted molar refractivity (Wildman–Crippen MR) is 54.6 cm³/mol. The number of allylic oxidation sites excluding steroid dienone is 1. The van der Waals surface area contributed by atoms with Gasteiger partial charge in [-0.1, -0.05) is 19.9 Å². The second kappa shape index (κ2) is 3.02. The van der Waals surface area contributed by atoms with E-state index in [9.17, 15) is 0 Å². The fourth-order valence-corrected chi connectivity index (χ4v) is 1.91. The fourth-order valence-electron chi connectivity index (χ4n) is 1.91. The number of nitrogens with zero attached hydrogens (tertiary/aromatic N) is 1. The largest absolute Gasteiger partial charge is 0.345 e. The second-order valence-corrected chi connectivity index (χ2v) is 3.49. The summed E-state index contributed by atoms with van der Waals surface area (Å²) in [6.07, 6.45) is 5.76. The number of rotatable bonds is 0. The number of H-pyrrole nitrogens is 1. The molecule has 1 N–H and O–H groups in total. The van der Waals surface area contributed by atoms with E-state index in [2.05, 4.69) is 22.1 Å². The lowest BCUT2D eigenvalue weighted by atomic mass is 10.1. The predicted octanol–water partition coefficient (Wildman–Crippen LogP) is 2.87. The van der Waals surface area contributed by atoms with Gasteiger partial charge in [0.15, 0.2) is 0 Å². The lowest BCUT2D eigenvalue weighted by Gasteiger charge is -1.99. The van der Waals surface area contributed by atoms with Gasteiger partial charge in [-0.15, -0.1) is 0 Å². The summed E-state index contributed by atoms with van der Waals surface area (Å²) >= 11 is 0. The lowest BCUT2D eigenvalue weighted by Crippen LogP contribution is -1.90. The summed E-state index contributed by atoms with van der Waals surface area (Å²) < 4.78 is 0. The first-order valence-corrected chi connectivity index (χ1v) is 5.09. The Balaban J connectivity index is 0.000000308. The van der Waals surface area contributed by atoms with Crippen molar-refractivity contribution in [1.29, 1.82) is 0 Å². The van der Waals surface area contributed by atoms with Crippen molar-refractivity contribution in [3.8, 4) is 0 Å². The van der Waals surface area contributed by atoms with E-state index in [-0.39, 0.29) is 0 Å². The molecule has 0 bridgehead atoms. The Morgan fingerprint density at radius 1 is 1.46 bits per heavy atom. The highest BCUT2D eigenvalue weighted by atomic mass is 14.9. The molecule has 2 aliphatic carbocycles. The molecule has 0 amide bonds. The summed E-state index contributed by atoms with van der Waals surface area (Å²) in [7, 11) is 0. The Labute approximate surface area is 79.1 Å². The summed E-state index contributed by atoms with van der Waals surface area (Å²) in [6.45, 7) is 6.02. The maximum Gasteiger partial charge on any atom is 0.103 e. The smallest absolute Gasteiger partial charge is 0.103 e. The van der Waals surface area contributed by atoms with E-state index in [0.717, 1.165) is 17.7 Å². The van der Waals surface area contributed by atoms with E-state index < -0.39 is 0 Å². The van der Waals surface area contributed by atoms with E-state index in [1.54, 1.807) is 0 Å². The van der Waals surface area contributed by atoms with E-state index in [1.807, 2.05) is 20.8 Å². The van der Waals surface area contributed by atoms with Crippen LogP contribution in [0.25, 0.3) is 6.08 Å². The quantitative estimate of drug-likeness (QED) is 0.647. The summed E-state index contributed by atoms with van der Waals surface area (Å²) in [4.78, 5) is 7.71. The molecule has 70 valence electrons. The molecule has 1 heterocycles. The number of fused-ring (bicyclic) bond motifs is 3. The first-order chi connectivity index (χ1) is 6.34. The highest BCUT2D eigenvalue weighted by Gasteiger charge is 2.41. The molecule has 2 nitrogen and oxygen atoms in total. The summed E-state index contributed by atoms with van der Waals surface area (Å²) in [6, 6.07) is 0. The van der Waals surface area contributed by atoms with Crippen LogP contribution in [-0.2, 0) is 0 Å². The molecule has 0 radical (unpaired) electrons. The molecule has 2 heteroatoms. The summed E-state index contributed by atoms with van der Waals surface area (Å²) in [5, 5.41) is 0. The number of aromatic amines is 1. The molecule has 1 aromatic rings. The second-order valence-electron chi connectivity index (χ2n) is 3.49. The van der Waals surface area contributed by atoms with Gasteiger partial charge in [0.2, 0.25) is 0 Å². The van der Waals surface area contributed by atoms with Crippen molar-refractivity contribution in [3.05, 3.63) is 23.3 Å². The average molecular weight is 176 g/mol. The van der Waals surface area contributed by atoms with Crippen molar-refractivity contribution < 1.29 is 0 Å². The molecule has 13 heavy (non-hydrogen) atoms. The minimum atomic E-state index is 0.774. The number of aryl methyl sites for hydroxylation is 1. The molecule has 0 saturated heterocycles. The van der Waals surface area contributed by atoms with Crippen LogP contribution >= 0.6 is 0 Å². The summed E-state index contributed by atoms with van der Waals surface area (Å²) in [5.41, 5.74) is 2.54. The Hall–Kier alpha value is -1.05. The molecule has 2 unspecified atom stereocenters. The third-order valence-corrected chi connectivity index (χ3v) is 2.59. The SMILES string of the molecule is CC.Cc1nc2c([nH]1)C1CC1C=C2. The highest BCUT2D eigenvalue weighted by Crippen LogP contribution is 2.51. The zero-order valence-corrected chi connectivity index (χ0v) is 8.46. The molecule has 2 aliphatic rings. The van der Waals surface area contributed by atoms with E-state index in [0.29, 0.717) is 0 Å². The van der Waals surface area contributed by atoms with Crippen LogP contribution in [0.5, 0.6) is 0 Å². The van der Waals surface area contributed by atoms with Gasteiger partial charge >= 0.3 is 0 Å². The van der Waals surface area contributed by atoms with Crippen LogP contribution in [0, 0.1) is 12.8 Å². The molecule has 0 aromatic carbocycles. The van der Waals surface area contributed by atoms with Crippen molar-refractivity contribution in [2.24, 2.45) is 5.92 Å². The first-order valence-electron chi connectivity index (χ1n) is 5.09. The lowest BCUT2D eigenvalue weighted by molar-refractivity contribution is 0.949. The van der Waals surface area contributed by atoms with Crippen LogP contribution in [0.1, 0.15) is 43.4 Å². The van der Waals surface area contributed by atoms with Crippen LogP contribution in [0.15, 0.2) is 6.08 Å². The minimum absolute atomic E-state index is 0.774. The Kier molecular flexibility index (Phi) is 1.98.